The van der Waals surface area contributed by atoms with Gasteiger partial charge in [0.05, 0.1) is 5.69 Å². The zero-order valence-electron chi connectivity index (χ0n) is 9.36. The van der Waals surface area contributed by atoms with Gasteiger partial charge in [0.1, 0.15) is 0 Å². The number of hydrogen-bond acceptors (Lipinski definition) is 3. The first-order chi connectivity index (χ1) is 7.18. The number of nitrogens with one attached hydrogen (secondary N) is 1. The van der Waals surface area contributed by atoms with Gasteiger partial charge in [0.25, 0.3) is 0 Å². The van der Waals surface area contributed by atoms with Crippen molar-refractivity contribution in [3.8, 4) is 0 Å². The molecule has 0 bridgehead atoms. The summed E-state index contributed by atoms with van der Waals surface area (Å²) < 4.78 is 0. The maximum atomic E-state index is 4.13. The molecule has 0 saturated carbocycles. The first-order valence-electron chi connectivity index (χ1n) is 5.43. The number of rotatable bonds is 2. The highest BCUT2D eigenvalue weighted by Gasteiger charge is 2.32. The van der Waals surface area contributed by atoms with Crippen molar-refractivity contribution < 1.29 is 0 Å². The number of anilines is 1. The van der Waals surface area contributed by atoms with Crippen molar-refractivity contribution in [2.45, 2.75) is 26.3 Å². The van der Waals surface area contributed by atoms with Crippen LogP contribution >= 0.6 is 11.8 Å². The smallest absolute Gasteiger partial charge is 0.0529 e. The van der Waals surface area contributed by atoms with Crippen LogP contribution in [0.5, 0.6) is 0 Å². The average molecular weight is 222 g/mol. The van der Waals surface area contributed by atoms with Gasteiger partial charge in [-0.1, -0.05) is 13.8 Å². The zero-order chi connectivity index (χ0) is 10.7. The number of nitrogens with zero attached hydrogens (tertiary/aromatic N) is 1. The van der Waals surface area contributed by atoms with E-state index < -0.39 is 0 Å². The van der Waals surface area contributed by atoms with Crippen molar-refractivity contribution >= 4 is 17.4 Å². The quantitative estimate of drug-likeness (QED) is 0.832. The Hall–Kier alpha value is -0.700. The maximum Gasteiger partial charge on any atom is 0.0529 e. The molecule has 1 saturated heterocycles. The standard InChI is InChI=1S/C12H18N2S/c1-12(2)5-7-15-9-11(12)14-10-4-3-6-13-8-10/h3-4,6,8,11,14H,5,7,9H2,1-2H3. The van der Waals surface area contributed by atoms with E-state index in [0.29, 0.717) is 11.5 Å². The molecule has 1 N–H and O–H groups in total. The van der Waals surface area contributed by atoms with E-state index in [9.17, 15) is 0 Å². The molecule has 0 radical (unpaired) electrons. The second kappa shape index (κ2) is 4.44. The third-order valence-corrected chi connectivity index (χ3v) is 4.18. The van der Waals surface area contributed by atoms with Gasteiger partial charge >= 0.3 is 0 Å². The molecule has 2 heterocycles. The van der Waals surface area contributed by atoms with Crippen molar-refractivity contribution in [3.63, 3.8) is 0 Å². The Labute approximate surface area is 95.9 Å². The normalized spacial score (nSPS) is 24.8. The molecule has 3 heteroatoms. The first-order valence-corrected chi connectivity index (χ1v) is 6.58. The van der Waals surface area contributed by atoms with E-state index in [-0.39, 0.29) is 0 Å². The molecule has 1 unspecified atom stereocenters. The molecular formula is C12H18N2S. The summed E-state index contributed by atoms with van der Waals surface area (Å²) in [5.74, 6) is 2.49. The number of hydrogen-bond donors (Lipinski definition) is 1. The molecule has 1 aromatic heterocycles. The summed E-state index contributed by atoms with van der Waals surface area (Å²) in [5, 5.41) is 3.59. The van der Waals surface area contributed by atoms with Crippen LogP contribution in [-0.2, 0) is 0 Å². The second-order valence-corrected chi connectivity index (χ2v) is 5.90. The van der Waals surface area contributed by atoms with Crippen LogP contribution in [-0.4, -0.2) is 22.5 Å². The van der Waals surface area contributed by atoms with Gasteiger partial charge in [0.15, 0.2) is 0 Å². The first kappa shape index (κ1) is 10.8. The minimum Gasteiger partial charge on any atom is -0.380 e. The largest absolute Gasteiger partial charge is 0.380 e. The summed E-state index contributed by atoms with van der Waals surface area (Å²) in [6.45, 7) is 4.70. The summed E-state index contributed by atoms with van der Waals surface area (Å²) in [6, 6.07) is 4.62. The van der Waals surface area contributed by atoms with Gasteiger partial charge in [-0.15, -0.1) is 0 Å². The van der Waals surface area contributed by atoms with Crippen molar-refractivity contribution in [3.05, 3.63) is 24.5 Å². The predicted molar refractivity (Wildman–Crippen MR) is 67.4 cm³/mol. The summed E-state index contributed by atoms with van der Waals surface area (Å²) in [4.78, 5) is 4.13. The van der Waals surface area contributed by atoms with Crippen LogP contribution in [0, 0.1) is 5.41 Å². The van der Waals surface area contributed by atoms with Crippen LogP contribution in [0.15, 0.2) is 24.5 Å². The molecule has 1 aliphatic heterocycles. The molecule has 82 valence electrons. The Morgan fingerprint density at radius 2 is 2.40 bits per heavy atom. The predicted octanol–water partition coefficient (Wildman–Crippen LogP) is 3.03. The Kier molecular flexibility index (Phi) is 3.19. The lowest BCUT2D eigenvalue weighted by molar-refractivity contribution is 0.305. The summed E-state index contributed by atoms with van der Waals surface area (Å²) in [5.41, 5.74) is 1.53. The van der Waals surface area contributed by atoms with Crippen molar-refractivity contribution in [2.75, 3.05) is 16.8 Å². The molecule has 1 aliphatic rings. The van der Waals surface area contributed by atoms with E-state index in [1.165, 1.54) is 17.9 Å². The molecule has 1 aromatic rings. The van der Waals surface area contributed by atoms with E-state index in [1.807, 2.05) is 30.2 Å². The highest BCUT2D eigenvalue weighted by atomic mass is 32.2. The van der Waals surface area contributed by atoms with Gasteiger partial charge in [0.2, 0.25) is 0 Å². The molecule has 0 amide bonds. The number of thioether (sulfide) groups is 1. The van der Waals surface area contributed by atoms with E-state index in [1.54, 1.807) is 0 Å². The van der Waals surface area contributed by atoms with Gasteiger partial charge in [-0.3, -0.25) is 4.98 Å². The van der Waals surface area contributed by atoms with Gasteiger partial charge in [-0.2, -0.15) is 11.8 Å². The molecular weight excluding hydrogens is 204 g/mol. The molecule has 1 atom stereocenters. The molecule has 0 spiro atoms. The van der Waals surface area contributed by atoms with E-state index in [2.05, 4.69) is 30.2 Å². The second-order valence-electron chi connectivity index (χ2n) is 4.75. The summed E-state index contributed by atoms with van der Waals surface area (Å²) >= 11 is 2.04. The molecule has 0 aliphatic carbocycles. The third-order valence-electron chi connectivity index (χ3n) is 3.12. The molecule has 1 fully saturated rings. The SMILES string of the molecule is CC1(C)CCSCC1Nc1cccnc1. The Morgan fingerprint density at radius 3 is 3.07 bits per heavy atom. The minimum absolute atomic E-state index is 0.390. The fraction of sp³-hybridized carbons (Fsp3) is 0.583. The van der Waals surface area contributed by atoms with Crippen molar-refractivity contribution in [1.82, 2.24) is 4.98 Å². The summed E-state index contributed by atoms with van der Waals surface area (Å²) in [7, 11) is 0. The highest BCUT2D eigenvalue weighted by molar-refractivity contribution is 7.99. The Morgan fingerprint density at radius 1 is 1.53 bits per heavy atom. The van der Waals surface area contributed by atoms with Crippen molar-refractivity contribution in [1.29, 1.82) is 0 Å². The van der Waals surface area contributed by atoms with Gasteiger partial charge in [-0.25, -0.2) is 0 Å². The van der Waals surface area contributed by atoms with Crippen LogP contribution in [0.1, 0.15) is 20.3 Å². The van der Waals surface area contributed by atoms with Crippen LogP contribution in [0.25, 0.3) is 0 Å². The lowest BCUT2D eigenvalue weighted by Gasteiger charge is -2.39. The van der Waals surface area contributed by atoms with E-state index in [0.717, 1.165) is 5.69 Å². The van der Waals surface area contributed by atoms with Gasteiger partial charge < -0.3 is 5.32 Å². The number of pyridine rings is 1. The zero-order valence-corrected chi connectivity index (χ0v) is 10.2. The molecule has 2 rings (SSSR count). The monoisotopic (exact) mass is 222 g/mol. The van der Waals surface area contributed by atoms with Crippen LogP contribution in [0.2, 0.25) is 0 Å². The number of aromatic nitrogens is 1. The lowest BCUT2D eigenvalue weighted by atomic mass is 9.82. The fourth-order valence-electron chi connectivity index (χ4n) is 1.82. The Balaban J connectivity index is 2.05. The summed E-state index contributed by atoms with van der Waals surface area (Å²) in [6.07, 6.45) is 5.00. The fourth-order valence-corrected chi connectivity index (χ4v) is 3.43. The minimum atomic E-state index is 0.390. The lowest BCUT2D eigenvalue weighted by Crippen LogP contribution is -2.41. The average Bonchev–Trinajstić information content (AvgIpc) is 2.23. The van der Waals surface area contributed by atoms with Crippen LogP contribution < -0.4 is 5.32 Å². The molecule has 15 heavy (non-hydrogen) atoms. The maximum absolute atomic E-state index is 4.13. The topological polar surface area (TPSA) is 24.9 Å². The third kappa shape index (κ3) is 2.65. The van der Waals surface area contributed by atoms with Crippen LogP contribution in [0.3, 0.4) is 0 Å². The Bertz CT molecular complexity index is 311. The highest BCUT2D eigenvalue weighted by Crippen LogP contribution is 2.35. The van der Waals surface area contributed by atoms with E-state index >= 15 is 0 Å². The van der Waals surface area contributed by atoms with Crippen molar-refractivity contribution in [2.24, 2.45) is 5.41 Å². The molecule has 2 nitrogen and oxygen atoms in total. The molecule has 0 aromatic carbocycles. The van der Waals surface area contributed by atoms with E-state index in [4.69, 9.17) is 0 Å². The van der Waals surface area contributed by atoms with Gasteiger partial charge in [0, 0.05) is 24.2 Å². The van der Waals surface area contributed by atoms with Crippen LogP contribution in [0.4, 0.5) is 5.69 Å². The van der Waals surface area contributed by atoms with Gasteiger partial charge in [-0.05, 0) is 29.7 Å².